The number of nitrogens with zero attached hydrogens (tertiary/aromatic N) is 1. The number of carbonyl (C=O) groups is 1. The van der Waals surface area contributed by atoms with Crippen LogP contribution in [0.15, 0.2) is 24.3 Å². The van der Waals surface area contributed by atoms with Gasteiger partial charge in [0.15, 0.2) is 6.10 Å². The van der Waals surface area contributed by atoms with Crippen LogP contribution in [-0.2, 0) is 4.79 Å². The Balaban J connectivity index is 1.82. The Hall–Kier alpha value is -1.50. The molecule has 1 saturated heterocycles. The minimum Gasteiger partial charge on any atom is -0.390 e. The molecule has 5 nitrogen and oxygen atoms in total. The molecule has 1 heterocycles. The number of benzene rings is 1. The van der Waals surface area contributed by atoms with E-state index in [-0.39, 0.29) is 12.1 Å². The summed E-state index contributed by atoms with van der Waals surface area (Å²) in [6.07, 6.45) is 0.217. The molecule has 0 saturated carbocycles. The van der Waals surface area contributed by atoms with Gasteiger partial charge in [-0.25, -0.2) is 4.39 Å². The molecule has 1 amide bonds. The standard InChI is InChI=1S/C16H23FN2O3/c1-19-10-7-16(22,8-11-19)6-9-18-15(21)14(20)12-4-2-3-5-13(12)17/h2-5,14,20,22H,6-11H2,1H3,(H,18,21)/t14-/m0/s1. The molecule has 3 N–H and O–H groups in total. The van der Waals surface area contributed by atoms with E-state index in [1.54, 1.807) is 6.07 Å². The molecule has 1 atom stereocenters. The van der Waals surface area contributed by atoms with Crippen LogP contribution in [-0.4, -0.2) is 53.3 Å². The molecule has 1 fully saturated rings. The fourth-order valence-corrected chi connectivity index (χ4v) is 2.64. The lowest BCUT2D eigenvalue weighted by atomic mass is 9.88. The van der Waals surface area contributed by atoms with E-state index in [0.717, 1.165) is 13.1 Å². The molecule has 1 aliphatic heterocycles. The first kappa shape index (κ1) is 16.9. The second kappa shape index (κ2) is 7.17. The summed E-state index contributed by atoms with van der Waals surface area (Å²) in [7, 11) is 2.01. The average Bonchev–Trinajstić information content (AvgIpc) is 2.50. The third kappa shape index (κ3) is 4.25. The van der Waals surface area contributed by atoms with Crippen LogP contribution in [0.3, 0.4) is 0 Å². The topological polar surface area (TPSA) is 72.8 Å². The second-order valence-corrected chi connectivity index (χ2v) is 5.99. The fourth-order valence-electron chi connectivity index (χ4n) is 2.64. The van der Waals surface area contributed by atoms with Crippen LogP contribution < -0.4 is 5.32 Å². The molecular formula is C16H23FN2O3. The predicted octanol–water partition coefficient (Wildman–Crippen LogP) is 0.822. The molecule has 1 aromatic rings. The lowest BCUT2D eigenvalue weighted by molar-refractivity contribution is -0.130. The van der Waals surface area contributed by atoms with E-state index >= 15 is 0 Å². The summed E-state index contributed by atoms with van der Waals surface area (Å²) < 4.78 is 13.5. The number of aliphatic hydroxyl groups excluding tert-OH is 1. The fraction of sp³-hybridized carbons (Fsp3) is 0.562. The van der Waals surface area contributed by atoms with Gasteiger partial charge in [-0.15, -0.1) is 0 Å². The summed E-state index contributed by atoms with van der Waals surface area (Å²) in [4.78, 5) is 14.0. The third-order valence-corrected chi connectivity index (χ3v) is 4.26. The van der Waals surface area contributed by atoms with Crippen molar-refractivity contribution in [3.05, 3.63) is 35.6 Å². The first-order valence-corrected chi connectivity index (χ1v) is 7.52. The molecule has 0 aliphatic carbocycles. The van der Waals surface area contributed by atoms with Gasteiger partial charge in [0.2, 0.25) is 0 Å². The van der Waals surface area contributed by atoms with E-state index in [1.807, 2.05) is 7.05 Å². The molecule has 122 valence electrons. The zero-order valence-electron chi connectivity index (χ0n) is 12.8. The van der Waals surface area contributed by atoms with Gasteiger partial charge >= 0.3 is 0 Å². The largest absolute Gasteiger partial charge is 0.390 e. The van der Waals surface area contributed by atoms with Gasteiger partial charge < -0.3 is 20.4 Å². The number of hydrogen-bond acceptors (Lipinski definition) is 4. The Morgan fingerprint density at radius 3 is 2.68 bits per heavy atom. The Morgan fingerprint density at radius 2 is 2.05 bits per heavy atom. The minimum absolute atomic E-state index is 0.0435. The number of likely N-dealkylation sites (tertiary alicyclic amines) is 1. The van der Waals surface area contributed by atoms with Gasteiger partial charge in [-0.2, -0.15) is 0 Å². The average molecular weight is 310 g/mol. The number of rotatable bonds is 5. The van der Waals surface area contributed by atoms with E-state index in [0.29, 0.717) is 19.3 Å². The molecule has 0 spiro atoms. The summed E-state index contributed by atoms with van der Waals surface area (Å²) in [5.74, 6) is -1.26. The van der Waals surface area contributed by atoms with Crippen molar-refractivity contribution in [2.45, 2.75) is 31.0 Å². The second-order valence-electron chi connectivity index (χ2n) is 5.99. The number of amides is 1. The van der Waals surface area contributed by atoms with E-state index in [2.05, 4.69) is 10.2 Å². The molecule has 1 aromatic carbocycles. The zero-order valence-corrected chi connectivity index (χ0v) is 12.8. The van der Waals surface area contributed by atoms with Crippen LogP contribution in [0, 0.1) is 5.82 Å². The maximum absolute atomic E-state index is 13.5. The van der Waals surface area contributed by atoms with E-state index in [9.17, 15) is 19.4 Å². The highest BCUT2D eigenvalue weighted by atomic mass is 19.1. The lowest BCUT2D eigenvalue weighted by Gasteiger charge is -2.36. The van der Waals surface area contributed by atoms with Crippen LogP contribution >= 0.6 is 0 Å². The Kier molecular flexibility index (Phi) is 5.50. The van der Waals surface area contributed by atoms with Crippen molar-refractivity contribution < 1.29 is 19.4 Å². The van der Waals surface area contributed by atoms with Crippen molar-refractivity contribution in [1.29, 1.82) is 0 Å². The van der Waals surface area contributed by atoms with Crippen LogP contribution in [0.25, 0.3) is 0 Å². The van der Waals surface area contributed by atoms with Gasteiger partial charge in [0.1, 0.15) is 5.82 Å². The van der Waals surface area contributed by atoms with Crippen molar-refractivity contribution in [3.8, 4) is 0 Å². The Morgan fingerprint density at radius 1 is 1.41 bits per heavy atom. The molecule has 22 heavy (non-hydrogen) atoms. The van der Waals surface area contributed by atoms with E-state index in [4.69, 9.17) is 0 Å². The highest BCUT2D eigenvalue weighted by molar-refractivity contribution is 5.81. The number of carbonyl (C=O) groups excluding carboxylic acids is 1. The molecule has 2 rings (SSSR count). The van der Waals surface area contributed by atoms with Crippen molar-refractivity contribution in [1.82, 2.24) is 10.2 Å². The maximum atomic E-state index is 13.5. The number of hydrogen-bond donors (Lipinski definition) is 3. The molecule has 1 aliphatic rings. The summed E-state index contributed by atoms with van der Waals surface area (Å²) in [5.41, 5.74) is -0.819. The van der Waals surface area contributed by atoms with E-state index in [1.165, 1.54) is 18.2 Å². The summed E-state index contributed by atoms with van der Waals surface area (Å²) >= 11 is 0. The van der Waals surface area contributed by atoms with Crippen LogP contribution in [0.2, 0.25) is 0 Å². The minimum atomic E-state index is -1.53. The summed E-state index contributed by atoms with van der Waals surface area (Å²) in [6, 6.07) is 5.65. The molecular weight excluding hydrogens is 287 g/mol. The number of nitrogens with one attached hydrogen (secondary N) is 1. The van der Waals surface area contributed by atoms with Crippen LogP contribution in [0.5, 0.6) is 0 Å². The molecule has 0 aromatic heterocycles. The number of aliphatic hydroxyl groups is 2. The van der Waals surface area contributed by atoms with Gasteiger partial charge in [-0.3, -0.25) is 4.79 Å². The molecule has 0 bridgehead atoms. The molecule has 6 heteroatoms. The SMILES string of the molecule is CN1CCC(O)(CCNC(=O)[C@@H](O)c2ccccc2F)CC1. The van der Waals surface area contributed by atoms with Gasteiger partial charge in [0.05, 0.1) is 5.60 Å². The van der Waals surface area contributed by atoms with Crippen molar-refractivity contribution in [2.75, 3.05) is 26.7 Å². The van der Waals surface area contributed by atoms with Gasteiger partial charge in [0, 0.05) is 25.2 Å². The lowest BCUT2D eigenvalue weighted by Crippen LogP contribution is -2.45. The van der Waals surface area contributed by atoms with Gasteiger partial charge in [0.25, 0.3) is 5.91 Å². The van der Waals surface area contributed by atoms with Crippen LogP contribution in [0.1, 0.15) is 30.9 Å². The molecule has 0 radical (unpaired) electrons. The van der Waals surface area contributed by atoms with Crippen molar-refractivity contribution in [3.63, 3.8) is 0 Å². The highest BCUT2D eigenvalue weighted by Crippen LogP contribution is 2.24. The first-order chi connectivity index (χ1) is 10.4. The van der Waals surface area contributed by atoms with Crippen molar-refractivity contribution in [2.24, 2.45) is 0 Å². The smallest absolute Gasteiger partial charge is 0.253 e. The Labute approximate surface area is 129 Å². The first-order valence-electron chi connectivity index (χ1n) is 7.52. The maximum Gasteiger partial charge on any atom is 0.253 e. The third-order valence-electron chi connectivity index (χ3n) is 4.26. The Bertz CT molecular complexity index is 516. The summed E-state index contributed by atoms with van der Waals surface area (Å²) in [6.45, 7) is 1.90. The number of piperidine rings is 1. The molecule has 0 unspecified atom stereocenters. The highest BCUT2D eigenvalue weighted by Gasteiger charge is 2.31. The van der Waals surface area contributed by atoms with Crippen LogP contribution in [0.4, 0.5) is 4.39 Å². The van der Waals surface area contributed by atoms with Crippen molar-refractivity contribution >= 4 is 5.91 Å². The predicted molar refractivity (Wildman–Crippen MR) is 80.7 cm³/mol. The van der Waals surface area contributed by atoms with Gasteiger partial charge in [-0.1, -0.05) is 18.2 Å². The normalized spacial score (nSPS) is 19.6. The van der Waals surface area contributed by atoms with E-state index < -0.39 is 23.4 Å². The summed E-state index contributed by atoms with van der Waals surface area (Å²) in [5, 5.41) is 22.8. The van der Waals surface area contributed by atoms with Gasteiger partial charge in [-0.05, 0) is 32.4 Å². The zero-order chi connectivity index (χ0) is 16.2. The monoisotopic (exact) mass is 310 g/mol. The number of halogens is 1. The quantitative estimate of drug-likeness (QED) is 0.753.